The molecular weight excluding hydrogens is 351 g/mol. The number of cyclic esters (lactones) is 1. The summed E-state index contributed by atoms with van der Waals surface area (Å²) in [7, 11) is 0. The van der Waals surface area contributed by atoms with Gasteiger partial charge in [0.25, 0.3) is 0 Å². The van der Waals surface area contributed by atoms with Crippen molar-refractivity contribution < 1.29 is 13.9 Å². The quantitative estimate of drug-likeness (QED) is 0.853. The molecule has 1 amide bonds. The maximum Gasteiger partial charge on any atom is 0.413 e. The van der Waals surface area contributed by atoms with Gasteiger partial charge in [-0.05, 0) is 31.5 Å². The molecule has 2 aliphatic rings. The molecule has 0 atom stereocenters. The Morgan fingerprint density at radius 3 is 2.74 bits per heavy atom. The van der Waals surface area contributed by atoms with Crippen LogP contribution >= 0.6 is 0 Å². The van der Waals surface area contributed by atoms with Crippen LogP contribution in [0.25, 0.3) is 11.4 Å². The molecule has 27 heavy (non-hydrogen) atoms. The largest absolute Gasteiger partial charge is 0.444 e. The van der Waals surface area contributed by atoms with Gasteiger partial charge in [-0.25, -0.2) is 24.1 Å². The molecule has 1 fully saturated rings. The predicted octanol–water partition coefficient (Wildman–Crippen LogP) is 2.21. The number of piperazine rings is 1. The highest BCUT2D eigenvalue weighted by Crippen LogP contribution is 2.34. The standard InChI is InChI=1S/C18H21FN6O2/c1-18(2,19)11-7-13(23-14(8-11)25-5-3-20-4-6-25)15-12-9-27-17(26)24-16(12)22-10-21-15/h7-8,10,20H,3-6,9H2,1-2H3,(H,21,22,24,26). The van der Waals surface area contributed by atoms with Crippen LogP contribution in [0.15, 0.2) is 18.5 Å². The fourth-order valence-electron chi connectivity index (χ4n) is 3.18. The van der Waals surface area contributed by atoms with E-state index in [1.165, 1.54) is 20.2 Å². The van der Waals surface area contributed by atoms with Crippen molar-refractivity contribution in [2.75, 3.05) is 36.4 Å². The van der Waals surface area contributed by atoms with E-state index in [4.69, 9.17) is 9.72 Å². The van der Waals surface area contributed by atoms with E-state index >= 15 is 0 Å². The van der Waals surface area contributed by atoms with Crippen molar-refractivity contribution >= 4 is 17.7 Å². The molecule has 2 aliphatic heterocycles. The summed E-state index contributed by atoms with van der Waals surface area (Å²) in [5.74, 6) is 1.11. The summed E-state index contributed by atoms with van der Waals surface area (Å²) in [5, 5.41) is 5.86. The number of hydrogen-bond donors (Lipinski definition) is 2. The summed E-state index contributed by atoms with van der Waals surface area (Å²) in [6.45, 7) is 6.38. The number of nitrogens with zero attached hydrogens (tertiary/aromatic N) is 4. The van der Waals surface area contributed by atoms with Crippen LogP contribution in [-0.2, 0) is 17.0 Å². The molecule has 0 saturated carbocycles. The molecule has 2 N–H and O–H groups in total. The molecule has 0 spiro atoms. The highest BCUT2D eigenvalue weighted by atomic mass is 19.1. The van der Waals surface area contributed by atoms with Gasteiger partial charge in [0, 0.05) is 26.2 Å². The van der Waals surface area contributed by atoms with E-state index in [9.17, 15) is 9.18 Å². The Labute approximate surface area is 156 Å². The van der Waals surface area contributed by atoms with E-state index in [-0.39, 0.29) is 6.61 Å². The first-order valence-electron chi connectivity index (χ1n) is 8.87. The smallest absolute Gasteiger partial charge is 0.413 e. The number of carbonyl (C=O) groups excluding carboxylic acids is 1. The monoisotopic (exact) mass is 372 g/mol. The zero-order valence-electron chi connectivity index (χ0n) is 15.3. The van der Waals surface area contributed by atoms with Crippen LogP contribution in [0.1, 0.15) is 25.0 Å². The fourth-order valence-corrected chi connectivity index (χ4v) is 3.18. The molecule has 0 unspecified atom stereocenters. The van der Waals surface area contributed by atoms with Crippen molar-refractivity contribution in [3.05, 3.63) is 29.6 Å². The Kier molecular flexibility index (Phi) is 4.39. The summed E-state index contributed by atoms with van der Waals surface area (Å²) in [4.78, 5) is 26.7. The van der Waals surface area contributed by atoms with Gasteiger partial charge in [0.2, 0.25) is 0 Å². The number of carbonyl (C=O) groups is 1. The molecule has 0 aliphatic carbocycles. The Morgan fingerprint density at radius 1 is 1.22 bits per heavy atom. The minimum Gasteiger partial charge on any atom is -0.444 e. The molecule has 0 radical (unpaired) electrons. The number of anilines is 2. The average Bonchev–Trinajstić information content (AvgIpc) is 2.67. The molecule has 0 bridgehead atoms. The van der Waals surface area contributed by atoms with Gasteiger partial charge < -0.3 is 15.0 Å². The summed E-state index contributed by atoms with van der Waals surface area (Å²) in [6, 6.07) is 3.49. The number of aromatic nitrogens is 3. The van der Waals surface area contributed by atoms with E-state index in [1.807, 2.05) is 0 Å². The normalized spacial score (nSPS) is 17.1. The Hall–Kier alpha value is -2.81. The third-order valence-corrected chi connectivity index (χ3v) is 4.70. The molecule has 2 aromatic rings. The lowest BCUT2D eigenvalue weighted by atomic mass is 9.98. The lowest BCUT2D eigenvalue weighted by Crippen LogP contribution is -2.44. The maximum absolute atomic E-state index is 14.8. The number of amides is 1. The highest BCUT2D eigenvalue weighted by molar-refractivity contribution is 5.87. The van der Waals surface area contributed by atoms with Gasteiger partial charge in [0.1, 0.15) is 35.9 Å². The van der Waals surface area contributed by atoms with Crippen molar-refractivity contribution in [2.24, 2.45) is 0 Å². The van der Waals surface area contributed by atoms with Crippen LogP contribution in [0, 0.1) is 0 Å². The second-order valence-corrected chi connectivity index (χ2v) is 7.06. The van der Waals surface area contributed by atoms with Crippen molar-refractivity contribution in [3.63, 3.8) is 0 Å². The van der Waals surface area contributed by atoms with Crippen molar-refractivity contribution in [1.29, 1.82) is 0 Å². The van der Waals surface area contributed by atoms with Crippen molar-refractivity contribution in [3.8, 4) is 11.4 Å². The van der Waals surface area contributed by atoms with Gasteiger partial charge in [-0.3, -0.25) is 5.32 Å². The Balaban J connectivity index is 1.83. The Morgan fingerprint density at radius 2 is 2.00 bits per heavy atom. The van der Waals surface area contributed by atoms with E-state index < -0.39 is 11.8 Å². The summed E-state index contributed by atoms with van der Waals surface area (Å²) in [5.41, 5.74) is 0.685. The third kappa shape index (κ3) is 3.55. The van der Waals surface area contributed by atoms with Crippen LogP contribution < -0.4 is 15.5 Å². The van der Waals surface area contributed by atoms with Crippen molar-refractivity contribution in [2.45, 2.75) is 26.1 Å². The average molecular weight is 372 g/mol. The number of alkyl halides is 1. The number of hydrogen-bond acceptors (Lipinski definition) is 7. The number of fused-ring (bicyclic) bond motifs is 1. The summed E-state index contributed by atoms with van der Waals surface area (Å²) in [6.07, 6.45) is 0.805. The van der Waals surface area contributed by atoms with E-state index in [0.717, 1.165) is 26.2 Å². The lowest BCUT2D eigenvalue weighted by molar-refractivity contribution is 0.151. The van der Waals surface area contributed by atoms with E-state index in [2.05, 4.69) is 25.5 Å². The predicted molar refractivity (Wildman–Crippen MR) is 98.3 cm³/mol. The molecule has 142 valence electrons. The Bertz CT molecular complexity index is 877. The molecule has 8 nitrogen and oxygen atoms in total. The second kappa shape index (κ2) is 6.73. The zero-order valence-corrected chi connectivity index (χ0v) is 15.3. The van der Waals surface area contributed by atoms with Gasteiger partial charge in [-0.1, -0.05) is 0 Å². The number of pyridine rings is 1. The molecule has 4 heterocycles. The number of rotatable bonds is 3. The molecule has 0 aromatic carbocycles. The van der Waals surface area contributed by atoms with E-state index in [0.29, 0.717) is 34.2 Å². The van der Waals surface area contributed by atoms with Crippen LogP contribution in [-0.4, -0.2) is 47.2 Å². The topological polar surface area (TPSA) is 92.3 Å². The molecule has 4 rings (SSSR count). The molecule has 1 saturated heterocycles. The van der Waals surface area contributed by atoms with Crippen LogP contribution in [0.3, 0.4) is 0 Å². The number of halogens is 1. The summed E-state index contributed by atoms with van der Waals surface area (Å²) < 4.78 is 19.8. The first-order chi connectivity index (χ1) is 12.9. The highest BCUT2D eigenvalue weighted by Gasteiger charge is 2.26. The van der Waals surface area contributed by atoms with Crippen LogP contribution in [0.4, 0.5) is 20.8 Å². The SMILES string of the molecule is CC(C)(F)c1cc(-c2ncnc3c2COC(=O)N3)nc(N2CCNCC2)c1. The molecule has 2 aromatic heterocycles. The van der Waals surface area contributed by atoms with Gasteiger partial charge in [0.05, 0.1) is 11.3 Å². The van der Waals surface area contributed by atoms with Gasteiger partial charge in [0.15, 0.2) is 0 Å². The van der Waals surface area contributed by atoms with Crippen LogP contribution in [0.5, 0.6) is 0 Å². The maximum atomic E-state index is 14.8. The summed E-state index contributed by atoms with van der Waals surface area (Å²) >= 11 is 0. The fraction of sp³-hybridized carbons (Fsp3) is 0.444. The third-order valence-electron chi connectivity index (χ3n) is 4.70. The van der Waals surface area contributed by atoms with Crippen LogP contribution in [0.2, 0.25) is 0 Å². The molecular formula is C18H21FN6O2. The first-order valence-corrected chi connectivity index (χ1v) is 8.87. The van der Waals surface area contributed by atoms with Crippen molar-refractivity contribution in [1.82, 2.24) is 20.3 Å². The number of ether oxygens (including phenoxy) is 1. The van der Waals surface area contributed by atoms with Gasteiger partial charge in [-0.15, -0.1) is 0 Å². The van der Waals surface area contributed by atoms with E-state index in [1.54, 1.807) is 12.1 Å². The first kappa shape index (κ1) is 17.6. The zero-order chi connectivity index (χ0) is 19.0. The van der Waals surface area contributed by atoms with Gasteiger partial charge in [-0.2, -0.15) is 0 Å². The molecule has 9 heteroatoms. The lowest BCUT2D eigenvalue weighted by Gasteiger charge is -2.30. The van der Waals surface area contributed by atoms with Gasteiger partial charge >= 0.3 is 6.09 Å². The minimum atomic E-state index is -1.53. The second-order valence-electron chi connectivity index (χ2n) is 7.06. The minimum absolute atomic E-state index is 0.0469. The number of nitrogens with one attached hydrogen (secondary N) is 2.